The number of nitrogens with one attached hydrogen (secondary N) is 2. The summed E-state index contributed by atoms with van der Waals surface area (Å²) in [6, 6.07) is 7.03. The van der Waals surface area contributed by atoms with E-state index >= 15 is 0 Å². The molecule has 1 fully saturated rings. The molecular formula is C15H21FN6. The van der Waals surface area contributed by atoms with Crippen LogP contribution in [0, 0.1) is 5.82 Å². The predicted molar refractivity (Wildman–Crippen MR) is 84.3 cm³/mol. The lowest BCUT2D eigenvalue weighted by molar-refractivity contribution is 0.167. The van der Waals surface area contributed by atoms with Crippen LogP contribution in [0.15, 0.2) is 41.2 Å². The smallest absolute Gasteiger partial charge is 0.196 e. The third-order valence-corrected chi connectivity index (χ3v) is 4.03. The van der Waals surface area contributed by atoms with Crippen molar-refractivity contribution in [1.29, 1.82) is 0 Å². The molecule has 3 rings (SSSR count). The summed E-state index contributed by atoms with van der Waals surface area (Å²) in [5.74, 6) is 0.802. The van der Waals surface area contributed by atoms with Crippen LogP contribution in [0.1, 0.15) is 5.56 Å². The van der Waals surface area contributed by atoms with E-state index in [1.165, 1.54) is 6.07 Å². The quantitative estimate of drug-likeness (QED) is 0.612. The highest BCUT2D eigenvalue weighted by atomic mass is 19.1. The topological polar surface area (TPSA) is 91.7 Å². The van der Waals surface area contributed by atoms with Crippen LogP contribution in [-0.4, -0.2) is 42.7 Å². The SMILES string of the molecule is CNC1CN(C2=CC(N)(Cc3ccccc3F)N=C(N)N2)C1. The maximum atomic E-state index is 13.9. The zero-order valence-electron chi connectivity index (χ0n) is 12.5. The summed E-state index contributed by atoms with van der Waals surface area (Å²) < 4.78 is 13.9. The fourth-order valence-corrected chi connectivity index (χ4v) is 2.75. The minimum atomic E-state index is -1.04. The fraction of sp³-hybridized carbons (Fsp3) is 0.400. The minimum absolute atomic E-state index is 0.254. The van der Waals surface area contributed by atoms with Gasteiger partial charge in [-0.1, -0.05) is 18.2 Å². The number of benzene rings is 1. The summed E-state index contributed by atoms with van der Waals surface area (Å²) in [5.41, 5.74) is 11.7. The van der Waals surface area contributed by atoms with Crippen molar-refractivity contribution in [2.75, 3.05) is 20.1 Å². The molecule has 2 heterocycles. The second-order valence-corrected chi connectivity index (χ2v) is 5.80. The Hall–Kier alpha value is -2.12. The molecule has 7 heteroatoms. The third kappa shape index (κ3) is 2.90. The van der Waals surface area contributed by atoms with E-state index in [1.54, 1.807) is 18.2 Å². The van der Waals surface area contributed by atoms with Crippen LogP contribution in [0.3, 0.4) is 0 Å². The van der Waals surface area contributed by atoms with Gasteiger partial charge in [0.15, 0.2) is 5.96 Å². The van der Waals surface area contributed by atoms with Gasteiger partial charge in [0.25, 0.3) is 0 Å². The molecule has 0 radical (unpaired) electrons. The Labute approximate surface area is 129 Å². The van der Waals surface area contributed by atoms with Gasteiger partial charge < -0.3 is 27.0 Å². The number of hydrogen-bond acceptors (Lipinski definition) is 6. The molecule has 22 heavy (non-hydrogen) atoms. The molecule has 0 aromatic heterocycles. The summed E-state index contributed by atoms with van der Waals surface area (Å²) in [7, 11) is 1.94. The summed E-state index contributed by atoms with van der Waals surface area (Å²) in [6.45, 7) is 1.75. The van der Waals surface area contributed by atoms with Gasteiger partial charge in [0, 0.05) is 25.6 Å². The largest absolute Gasteiger partial charge is 0.370 e. The predicted octanol–water partition coefficient (Wildman–Crippen LogP) is -0.314. The summed E-state index contributed by atoms with van der Waals surface area (Å²) in [6.07, 6.45) is 2.08. The second-order valence-electron chi connectivity index (χ2n) is 5.80. The highest BCUT2D eigenvalue weighted by molar-refractivity contribution is 5.81. The Morgan fingerprint density at radius 1 is 1.45 bits per heavy atom. The van der Waals surface area contributed by atoms with Gasteiger partial charge in [0.05, 0.1) is 0 Å². The lowest BCUT2D eigenvalue weighted by Gasteiger charge is -2.44. The number of nitrogens with two attached hydrogens (primary N) is 2. The van der Waals surface area contributed by atoms with Crippen LogP contribution < -0.4 is 22.1 Å². The zero-order valence-corrected chi connectivity index (χ0v) is 12.5. The van der Waals surface area contributed by atoms with E-state index in [-0.39, 0.29) is 18.2 Å². The Morgan fingerprint density at radius 3 is 2.86 bits per heavy atom. The molecule has 1 aromatic rings. The molecule has 0 amide bonds. The van der Waals surface area contributed by atoms with Gasteiger partial charge in [-0.2, -0.15) is 0 Å². The van der Waals surface area contributed by atoms with Gasteiger partial charge in [-0.3, -0.25) is 0 Å². The van der Waals surface area contributed by atoms with Crippen molar-refractivity contribution < 1.29 is 4.39 Å². The molecule has 0 aliphatic carbocycles. The fourth-order valence-electron chi connectivity index (χ4n) is 2.75. The van der Waals surface area contributed by atoms with Crippen LogP contribution >= 0.6 is 0 Å². The molecule has 0 spiro atoms. The van der Waals surface area contributed by atoms with Gasteiger partial charge in [-0.15, -0.1) is 0 Å². The van der Waals surface area contributed by atoms with E-state index in [0.717, 1.165) is 18.9 Å². The molecule has 2 aliphatic rings. The molecule has 1 unspecified atom stereocenters. The first-order chi connectivity index (χ1) is 10.5. The van der Waals surface area contributed by atoms with Crippen molar-refractivity contribution in [3.8, 4) is 0 Å². The van der Waals surface area contributed by atoms with Crippen molar-refractivity contribution in [1.82, 2.24) is 15.5 Å². The monoisotopic (exact) mass is 304 g/mol. The molecule has 6 N–H and O–H groups in total. The van der Waals surface area contributed by atoms with Crippen molar-refractivity contribution >= 4 is 5.96 Å². The van der Waals surface area contributed by atoms with Crippen molar-refractivity contribution in [2.45, 2.75) is 18.1 Å². The highest BCUT2D eigenvalue weighted by Gasteiger charge is 2.34. The summed E-state index contributed by atoms with van der Waals surface area (Å²) >= 11 is 0. The van der Waals surface area contributed by atoms with Gasteiger partial charge in [0.1, 0.15) is 17.3 Å². The Kier molecular flexibility index (Phi) is 3.76. The van der Waals surface area contributed by atoms with Gasteiger partial charge in [-0.05, 0) is 24.8 Å². The van der Waals surface area contributed by atoms with Gasteiger partial charge >= 0.3 is 0 Å². The molecule has 1 aromatic carbocycles. The average Bonchev–Trinajstić information content (AvgIpc) is 2.39. The number of likely N-dealkylation sites (N-methyl/N-ethyl adjacent to an activating group) is 1. The molecule has 6 nitrogen and oxygen atoms in total. The zero-order chi connectivity index (χ0) is 15.7. The number of likely N-dealkylation sites (tertiary alicyclic amines) is 1. The molecular weight excluding hydrogens is 283 g/mol. The van der Waals surface area contributed by atoms with Crippen LogP contribution in [0.5, 0.6) is 0 Å². The molecule has 1 saturated heterocycles. The number of halogens is 1. The van der Waals surface area contributed by atoms with E-state index in [1.807, 2.05) is 13.1 Å². The van der Waals surface area contributed by atoms with Gasteiger partial charge in [-0.25, -0.2) is 9.38 Å². The van der Waals surface area contributed by atoms with Crippen LogP contribution in [0.25, 0.3) is 0 Å². The minimum Gasteiger partial charge on any atom is -0.370 e. The standard InChI is InChI=1S/C15H21FN6/c1-19-11-8-22(9-11)13-7-15(18,21-14(17)20-13)6-10-4-2-3-5-12(10)16/h2-5,7,11,19H,6,8-9,18H2,1H3,(H3,17,20,21). The molecule has 1 atom stereocenters. The van der Waals surface area contributed by atoms with E-state index < -0.39 is 5.66 Å². The van der Waals surface area contributed by atoms with Crippen LogP contribution in [0.2, 0.25) is 0 Å². The average molecular weight is 304 g/mol. The molecule has 0 bridgehead atoms. The Morgan fingerprint density at radius 2 is 2.18 bits per heavy atom. The first-order valence-corrected chi connectivity index (χ1v) is 7.29. The molecule has 118 valence electrons. The first-order valence-electron chi connectivity index (χ1n) is 7.29. The van der Waals surface area contributed by atoms with Crippen LogP contribution in [0.4, 0.5) is 4.39 Å². The Balaban J connectivity index is 1.80. The lowest BCUT2D eigenvalue weighted by Crippen LogP contribution is -2.60. The lowest BCUT2D eigenvalue weighted by atomic mass is 9.98. The van der Waals surface area contributed by atoms with Crippen molar-refractivity contribution in [3.63, 3.8) is 0 Å². The first kappa shape index (κ1) is 14.8. The van der Waals surface area contributed by atoms with E-state index in [2.05, 4.69) is 20.5 Å². The molecule has 2 aliphatic heterocycles. The number of nitrogens with zero attached hydrogens (tertiary/aromatic N) is 2. The van der Waals surface area contributed by atoms with E-state index in [9.17, 15) is 4.39 Å². The highest BCUT2D eigenvalue weighted by Crippen LogP contribution is 2.23. The van der Waals surface area contributed by atoms with E-state index in [4.69, 9.17) is 11.5 Å². The number of guanidine groups is 1. The van der Waals surface area contributed by atoms with E-state index in [0.29, 0.717) is 11.6 Å². The van der Waals surface area contributed by atoms with Crippen molar-refractivity contribution in [2.24, 2.45) is 16.5 Å². The molecule has 0 saturated carbocycles. The maximum absolute atomic E-state index is 13.9. The van der Waals surface area contributed by atoms with Crippen LogP contribution in [-0.2, 0) is 6.42 Å². The number of rotatable bonds is 4. The van der Waals surface area contributed by atoms with Gasteiger partial charge in [0.2, 0.25) is 0 Å². The second kappa shape index (κ2) is 5.58. The Bertz CT molecular complexity index is 622. The third-order valence-electron chi connectivity index (χ3n) is 4.03. The summed E-state index contributed by atoms with van der Waals surface area (Å²) in [4.78, 5) is 6.39. The normalized spacial score (nSPS) is 25.1. The maximum Gasteiger partial charge on any atom is 0.196 e. The number of aliphatic imine (C=N–C) groups is 1. The van der Waals surface area contributed by atoms with Crippen molar-refractivity contribution in [3.05, 3.63) is 47.5 Å². The summed E-state index contributed by atoms with van der Waals surface area (Å²) in [5, 5.41) is 6.24. The number of hydrogen-bond donors (Lipinski definition) is 4.